The average Bonchev–Trinajstić information content (AvgIpc) is 3.11. The molecule has 0 unspecified atom stereocenters. The van der Waals surface area contributed by atoms with Crippen molar-refractivity contribution in [2.45, 2.75) is 25.7 Å². The van der Waals surface area contributed by atoms with Crippen LogP contribution in [0.5, 0.6) is 0 Å². The number of benzene rings is 1. The summed E-state index contributed by atoms with van der Waals surface area (Å²) in [4.78, 5) is 12.9. The number of alkyl halides is 1. The predicted molar refractivity (Wildman–Crippen MR) is 85.7 cm³/mol. The van der Waals surface area contributed by atoms with E-state index in [9.17, 15) is 9.18 Å². The second-order valence-corrected chi connectivity index (χ2v) is 7.17. The number of amides is 1. The largest absolute Gasteiger partial charge is 0.351 e. The van der Waals surface area contributed by atoms with Crippen LogP contribution < -0.4 is 5.32 Å². The topological polar surface area (TPSA) is 29.1 Å². The molecular formula is C16H17ClFNOS. The Morgan fingerprint density at radius 1 is 1.33 bits per heavy atom. The van der Waals surface area contributed by atoms with Gasteiger partial charge < -0.3 is 5.32 Å². The van der Waals surface area contributed by atoms with E-state index < -0.39 is 0 Å². The van der Waals surface area contributed by atoms with E-state index >= 15 is 0 Å². The standard InChI is InChI=1S/C16H17ClFNOS/c17-9-16(5-1-2-6-16)10-19-15(20)14-7-11-3-4-12(18)8-13(11)21-14/h3-4,7-8H,1-2,5-6,9-10H2,(H,19,20). The van der Waals surface area contributed by atoms with Crippen molar-refractivity contribution in [1.82, 2.24) is 5.32 Å². The van der Waals surface area contributed by atoms with Crippen molar-refractivity contribution >= 4 is 38.9 Å². The third-order valence-corrected chi connectivity index (χ3v) is 5.94. The van der Waals surface area contributed by atoms with Crippen LogP contribution >= 0.6 is 22.9 Å². The fourth-order valence-electron chi connectivity index (χ4n) is 2.95. The van der Waals surface area contributed by atoms with Crippen molar-refractivity contribution < 1.29 is 9.18 Å². The number of thiophene rings is 1. The Morgan fingerprint density at radius 2 is 2.10 bits per heavy atom. The molecule has 1 N–H and O–H groups in total. The Bertz CT molecular complexity index is 663. The molecule has 3 rings (SSSR count). The van der Waals surface area contributed by atoms with E-state index in [4.69, 9.17) is 11.6 Å². The molecule has 2 aromatic rings. The third kappa shape index (κ3) is 3.06. The lowest BCUT2D eigenvalue weighted by atomic mass is 9.88. The summed E-state index contributed by atoms with van der Waals surface area (Å²) in [6, 6.07) is 6.40. The minimum absolute atomic E-state index is 0.0556. The first-order valence-electron chi connectivity index (χ1n) is 7.15. The van der Waals surface area contributed by atoms with Crippen molar-refractivity contribution in [2.24, 2.45) is 5.41 Å². The average molecular weight is 326 g/mol. The lowest BCUT2D eigenvalue weighted by molar-refractivity contribution is 0.0939. The molecule has 2 nitrogen and oxygen atoms in total. The van der Waals surface area contributed by atoms with Gasteiger partial charge in [-0.3, -0.25) is 4.79 Å². The lowest BCUT2D eigenvalue weighted by Crippen LogP contribution is -2.36. The maximum absolute atomic E-state index is 13.2. The Hall–Kier alpha value is -1.13. The van der Waals surface area contributed by atoms with E-state index in [2.05, 4.69) is 5.32 Å². The van der Waals surface area contributed by atoms with Gasteiger partial charge >= 0.3 is 0 Å². The van der Waals surface area contributed by atoms with Crippen molar-refractivity contribution in [3.63, 3.8) is 0 Å². The fraction of sp³-hybridized carbons (Fsp3) is 0.438. The van der Waals surface area contributed by atoms with Gasteiger partial charge in [0.15, 0.2) is 0 Å². The molecule has 1 aliphatic rings. The molecule has 1 saturated carbocycles. The van der Waals surface area contributed by atoms with Gasteiger partial charge in [-0.15, -0.1) is 22.9 Å². The fourth-order valence-corrected chi connectivity index (χ4v) is 4.32. The summed E-state index contributed by atoms with van der Waals surface area (Å²) >= 11 is 7.41. The van der Waals surface area contributed by atoms with Crippen LogP contribution in [0.4, 0.5) is 4.39 Å². The first-order chi connectivity index (χ1) is 10.1. The maximum Gasteiger partial charge on any atom is 0.261 e. The zero-order valence-electron chi connectivity index (χ0n) is 11.6. The summed E-state index contributed by atoms with van der Waals surface area (Å²) in [7, 11) is 0. The lowest BCUT2D eigenvalue weighted by Gasteiger charge is -2.26. The quantitative estimate of drug-likeness (QED) is 0.820. The Kier molecular flexibility index (Phi) is 4.18. The molecule has 0 aliphatic heterocycles. The van der Waals surface area contributed by atoms with Crippen LogP contribution in [-0.4, -0.2) is 18.3 Å². The van der Waals surface area contributed by atoms with Crippen LogP contribution in [0.15, 0.2) is 24.3 Å². The first kappa shape index (κ1) is 14.8. The summed E-state index contributed by atoms with van der Waals surface area (Å²) in [5.41, 5.74) is 0.0556. The monoisotopic (exact) mass is 325 g/mol. The SMILES string of the molecule is O=C(NCC1(CCl)CCCC1)c1cc2ccc(F)cc2s1. The predicted octanol–water partition coefficient (Wildman–Crippen LogP) is 4.57. The van der Waals surface area contributed by atoms with Gasteiger partial charge in [0.25, 0.3) is 5.91 Å². The third-order valence-electron chi connectivity index (χ3n) is 4.28. The molecule has 1 heterocycles. The molecule has 1 aromatic heterocycles. The van der Waals surface area contributed by atoms with Crippen LogP contribution in [0.2, 0.25) is 0 Å². The molecule has 0 saturated heterocycles. The van der Waals surface area contributed by atoms with Crippen molar-refractivity contribution in [2.75, 3.05) is 12.4 Å². The number of rotatable bonds is 4. The highest BCUT2D eigenvalue weighted by Crippen LogP contribution is 2.38. The molecule has 1 aromatic carbocycles. The number of hydrogen-bond acceptors (Lipinski definition) is 2. The van der Waals surface area contributed by atoms with Crippen LogP contribution in [0.25, 0.3) is 10.1 Å². The minimum Gasteiger partial charge on any atom is -0.351 e. The zero-order chi connectivity index (χ0) is 14.9. The minimum atomic E-state index is -0.275. The van der Waals surface area contributed by atoms with E-state index in [1.807, 2.05) is 6.07 Å². The highest BCUT2D eigenvalue weighted by atomic mass is 35.5. The number of hydrogen-bond donors (Lipinski definition) is 1. The zero-order valence-corrected chi connectivity index (χ0v) is 13.2. The Morgan fingerprint density at radius 3 is 2.81 bits per heavy atom. The summed E-state index contributed by atoms with van der Waals surface area (Å²) in [5.74, 6) is 0.224. The van der Waals surface area contributed by atoms with Crippen LogP contribution in [0, 0.1) is 11.2 Å². The summed E-state index contributed by atoms with van der Waals surface area (Å²) in [6.07, 6.45) is 4.53. The van der Waals surface area contributed by atoms with E-state index in [0.29, 0.717) is 17.3 Å². The molecule has 112 valence electrons. The normalized spacial score (nSPS) is 17.2. The molecule has 21 heavy (non-hydrogen) atoms. The van der Waals surface area contributed by atoms with Crippen molar-refractivity contribution in [3.8, 4) is 0 Å². The molecule has 0 radical (unpaired) electrons. The highest BCUT2D eigenvalue weighted by molar-refractivity contribution is 7.20. The van der Waals surface area contributed by atoms with Gasteiger partial charge in [0.05, 0.1) is 4.88 Å². The van der Waals surface area contributed by atoms with Crippen LogP contribution in [0.3, 0.4) is 0 Å². The van der Waals surface area contributed by atoms with Crippen LogP contribution in [0.1, 0.15) is 35.4 Å². The highest BCUT2D eigenvalue weighted by Gasteiger charge is 2.33. The number of fused-ring (bicyclic) bond motifs is 1. The smallest absolute Gasteiger partial charge is 0.261 e. The molecule has 1 amide bonds. The number of carbonyl (C=O) groups excluding carboxylic acids is 1. The number of halogens is 2. The van der Waals surface area contributed by atoms with E-state index in [-0.39, 0.29) is 17.1 Å². The van der Waals surface area contributed by atoms with Gasteiger partial charge in [-0.05, 0) is 36.4 Å². The molecule has 5 heteroatoms. The summed E-state index contributed by atoms with van der Waals surface area (Å²) < 4.78 is 14.0. The van der Waals surface area contributed by atoms with E-state index in [0.717, 1.165) is 22.9 Å². The second-order valence-electron chi connectivity index (χ2n) is 5.82. The number of nitrogens with one attached hydrogen (secondary N) is 1. The Labute approximate surface area is 132 Å². The molecule has 1 aliphatic carbocycles. The second kappa shape index (κ2) is 5.93. The van der Waals surface area contributed by atoms with Gasteiger partial charge in [0, 0.05) is 22.5 Å². The molecular weight excluding hydrogens is 309 g/mol. The maximum atomic E-state index is 13.2. The van der Waals surface area contributed by atoms with E-state index in [1.165, 1.54) is 36.3 Å². The Balaban J connectivity index is 1.72. The molecule has 0 spiro atoms. The van der Waals surface area contributed by atoms with Crippen LogP contribution in [-0.2, 0) is 0 Å². The summed E-state index contributed by atoms with van der Waals surface area (Å²) in [5, 5.41) is 3.90. The van der Waals surface area contributed by atoms with Crippen molar-refractivity contribution in [1.29, 1.82) is 0 Å². The molecule has 1 fully saturated rings. The number of carbonyl (C=O) groups is 1. The van der Waals surface area contributed by atoms with Gasteiger partial charge in [-0.2, -0.15) is 0 Å². The molecule has 0 atom stereocenters. The van der Waals surface area contributed by atoms with Gasteiger partial charge in [-0.25, -0.2) is 4.39 Å². The van der Waals surface area contributed by atoms with Gasteiger partial charge in [0.1, 0.15) is 5.82 Å². The first-order valence-corrected chi connectivity index (χ1v) is 8.50. The van der Waals surface area contributed by atoms with Gasteiger partial charge in [0.2, 0.25) is 0 Å². The summed E-state index contributed by atoms with van der Waals surface area (Å²) in [6.45, 7) is 0.623. The van der Waals surface area contributed by atoms with Crippen molar-refractivity contribution in [3.05, 3.63) is 35.0 Å². The van der Waals surface area contributed by atoms with Gasteiger partial charge in [-0.1, -0.05) is 18.9 Å². The molecule has 0 bridgehead atoms. The van der Waals surface area contributed by atoms with E-state index in [1.54, 1.807) is 6.07 Å².